The number of nitrogens with one attached hydrogen (secondary N) is 1. The number of carbonyl (C=O) groups excluding carboxylic acids is 2. The first-order valence-corrected chi connectivity index (χ1v) is 9.17. The summed E-state index contributed by atoms with van der Waals surface area (Å²) in [5, 5.41) is 19.0. The molecule has 0 aromatic heterocycles. The van der Waals surface area contributed by atoms with Crippen LogP contribution in [-0.2, 0) is 19.3 Å². The standard InChI is InChI=1S/C19H25N3O8/c1-11(10-19(5,6)30-29-18(2,3)4)27-17(20)28-21-15(23)13-8-7-12(22(25)26)9-14(13)16(21)24/h7-9,11,20H,10H2,1-6H3. The van der Waals surface area contributed by atoms with Gasteiger partial charge in [0.25, 0.3) is 17.5 Å². The van der Waals surface area contributed by atoms with Crippen molar-refractivity contribution in [3.63, 3.8) is 0 Å². The number of ether oxygens (including phenoxy) is 1. The average Bonchev–Trinajstić information content (AvgIpc) is 2.83. The summed E-state index contributed by atoms with van der Waals surface area (Å²) in [7, 11) is 0. The fourth-order valence-corrected chi connectivity index (χ4v) is 2.70. The van der Waals surface area contributed by atoms with Gasteiger partial charge < -0.3 is 9.57 Å². The topological polar surface area (TPSA) is 141 Å². The predicted octanol–water partition coefficient (Wildman–Crippen LogP) is 3.38. The summed E-state index contributed by atoms with van der Waals surface area (Å²) < 4.78 is 5.31. The fraction of sp³-hybridized carbons (Fsp3) is 0.526. The summed E-state index contributed by atoms with van der Waals surface area (Å²) in [6.07, 6.45) is -1.05. The first kappa shape index (κ1) is 23.2. The molecule has 1 unspecified atom stereocenters. The summed E-state index contributed by atoms with van der Waals surface area (Å²) in [5.74, 6) is -1.75. The maximum atomic E-state index is 12.4. The highest BCUT2D eigenvalue weighted by molar-refractivity contribution is 6.21. The van der Waals surface area contributed by atoms with Crippen LogP contribution in [0.25, 0.3) is 0 Å². The zero-order valence-electron chi connectivity index (χ0n) is 17.7. The van der Waals surface area contributed by atoms with Gasteiger partial charge >= 0.3 is 6.08 Å². The molecule has 0 aliphatic carbocycles. The number of rotatable bonds is 7. The van der Waals surface area contributed by atoms with E-state index in [1.807, 2.05) is 20.8 Å². The number of hydrogen-bond acceptors (Lipinski definition) is 9. The zero-order chi connectivity index (χ0) is 22.9. The van der Waals surface area contributed by atoms with Crippen LogP contribution in [-0.4, -0.2) is 45.2 Å². The van der Waals surface area contributed by atoms with Crippen LogP contribution in [0.5, 0.6) is 0 Å². The molecule has 0 fully saturated rings. The molecule has 1 aromatic carbocycles. The van der Waals surface area contributed by atoms with Crippen molar-refractivity contribution in [2.45, 2.75) is 65.3 Å². The van der Waals surface area contributed by atoms with E-state index < -0.39 is 40.1 Å². The molecule has 0 radical (unpaired) electrons. The number of hydroxylamine groups is 2. The Balaban J connectivity index is 1.97. The van der Waals surface area contributed by atoms with Crippen LogP contribution in [0, 0.1) is 15.5 Å². The Morgan fingerprint density at radius 1 is 1.13 bits per heavy atom. The van der Waals surface area contributed by atoms with E-state index in [9.17, 15) is 19.7 Å². The van der Waals surface area contributed by atoms with Crippen LogP contribution in [0.4, 0.5) is 5.69 Å². The lowest BCUT2D eigenvalue weighted by Crippen LogP contribution is -2.37. The van der Waals surface area contributed by atoms with Gasteiger partial charge in [-0.15, -0.1) is 0 Å². The Morgan fingerprint density at radius 3 is 2.30 bits per heavy atom. The van der Waals surface area contributed by atoms with Gasteiger partial charge in [-0.2, -0.15) is 0 Å². The molecule has 1 aliphatic heterocycles. The van der Waals surface area contributed by atoms with E-state index in [1.165, 1.54) is 6.07 Å². The first-order valence-electron chi connectivity index (χ1n) is 9.17. The SMILES string of the molecule is CC(CC(C)(C)OOC(C)(C)C)OC(=N)ON1C(=O)c2ccc([N+](=O)[O-])cc2C1=O. The minimum atomic E-state index is -0.915. The number of imide groups is 1. The monoisotopic (exact) mass is 423 g/mol. The third-order valence-electron chi connectivity index (χ3n) is 3.82. The largest absolute Gasteiger partial charge is 0.446 e. The minimum Gasteiger partial charge on any atom is -0.446 e. The molecule has 2 rings (SSSR count). The Bertz CT molecular complexity index is 875. The number of carbonyl (C=O) groups is 2. The van der Waals surface area contributed by atoms with E-state index in [2.05, 4.69) is 0 Å². The summed E-state index contributed by atoms with van der Waals surface area (Å²) in [6.45, 7) is 10.7. The van der Waals surface area contributed by atoms with Crippen LogP contribution in [0.3, 0.4) is 0 Å². The maximum absolute atomic E-state index is 12.4. The Kier molecular flexibility index (Phi) is 6.48. The number of nitrogens with zero attached hydrogens (tertiary/aromatic N) is 2. The Hall–Kier alpha value is -3.05. The lowest BCUT2D eigenvalue weighted by Gasteiger charge is -2.30. The molecule has 1 atom stereocenters. The first-order chi connectivity index (χ1) is 13.7. The van der Waals surface area contributed by atoms with Gasteiger partial charge in [0.15, 0.2) is 0 Å². The Labute approximate surface area is 173 Å². The molecule has 0 saturated carbocycles. The number of fused-ring (bicyclic) bond motifs is 1. The second-order valence-electron chi connectivity index (χ2n) is 8.44. The maximum Gasteiger partial charge on any atom is 0.406 e. The Morgan fingerprint density at radius 2 is 1.73 bits per heavy atom. The molecule has 0 saturated heterocycles. The summed E-state index contributed by atoms with van der Waals surface area (Å²) >= 11 is 0. The summed E-state index contributed by atoms with van der Waals surface area (Å²) in [5.41, 5.74) is -1.82. The zero-order valence-corrected chi connectivity index (χ0v) is 17.7. The van der Waals surface area contributed by atoms with Gasteiger partial charge in [-0.25, -0.2) is 15.2 Å². The second kappa shape index (κ2) is 8.36. The molecule has 1 heterocycles. The predicted molar refractivity (Wildman–Crippen MR) is 104 cm³/mol. The van der Waals surface area contributed by atoms with Gasteiger partial charge in [0.05, 0.1) is 21.7 Å². The van der Waals surface area contributed by atoms with Gasteiger partial charge in [-0.1, -0.05) is 5.06 Å². The molecule has 0 spiro atoms. The molecule has 1 aromatic rings. The highest BCUT2D eigenvalue weighted by Gasteiger charge is 2.40. The molecular formula is C19H25N3O8. The van der Waals surface area contributed by atoms with Crippen LogP contribution in [0.15, 0.2) is 18.2 Å². The molecule has 30 heavy (non-hydrogen) atoms. The fourth-order valence-electron chi connectivity index (χ4n) is 2.70. The quantitative estimate of drug-likeness (QED) is 0.176. The molecule has 1 aliphatic rings. The average molecular weight is 423 g/mol. The molecule has 164 valence electrons. The van der Waals surface area contributed by atoms with E-state index in [1.54, 1.807) is 20.8 Å². The van der Waals surface area contributed by atoms with Crippen molar-refractivity contribution < 1.29 is 33.9 Å². The van der Waals surface area contributed by atoms with Crippen molar-refractivity contribution >= 4 is 23.6 Å². The van der Waals surface area contributed by atoms with Crippen molar-refractivity contribution in [2.75, 3.05) is 0 Å². The molecule has 2 amide bonds. The minimum absolute atomic E-state index is 0.0553. The lowest BCUT2D eigenvalue weighted by atomic mass is 10.0. The van der Waals surface area contributed by atoms with E-state index in [0.29, 0.717) is 11.5 Å². The van der Waals surface area contributed by atoms with Crippen molar-refractivity contribution in [1.82, 2.24) is 5.06 Å². The molecule has 0 bridgehead atoms. The van der Waals surface area contributed by atoms with Crippen LogP contribution >= 0.6 is 0 Å². The van der Waals surface area contributed by atoms with E-state index in [-0.39, 0.29) is 16.8 Å². The highest BCUT2D eigenvalue weighted by atomic mass is 17.2. The molecular weight excluding hydrogens is 398 g/mol. The van der Waals surface area contributed by atoms with Crippen molar-refractivity contribution in [3.8, 4) is 0 Å². The normalized spacial score (nSPS) is 15.1. The smallest absolute Gasteiger partial charge is 0.406 e. The molecule has 11 nitrogen and oxygen atoms in total. The number of nitro benzene ring substituents is 1. The number of hydrogen-bond donors (Lipinski definition) is 1. The summed E-state index contributed by atoms with van der Waals surface area (Å²) in [4.78, 5) is 50.6. The third kappa shape index (κ3) is 5.74. The second-order valence-corrected chi connectivity index (χ2v) is 8.44. The van der Waals surface area contributed by atoms with Gasteiger partial charge in [0.1, 0.15) is 11.7 Å². The molecule has 1 N–H and O–H groups in total. The number of benzene rings is 1. The van der Waals surface area contributed by atoms with E-state index >= 15 is 0 Å². The van der Waals surface area contributed by atoms with Gasteiger partial charge in [-0.05, 0) is 47.6 Å². The summed E-state index contributed by atoms with van der Waals surface area (Å²) in [6, 6.07) is 3.26. The van der Waals surface area contributed by atoms with Crippen molar-refractivity contribution in [2.24, 2.45) is 0 Å². The van der Waals surface area contributed by atoms with Crippen LogP contribution in [0.1, 0.15) is 68.7 Å². The third-order valence-corrected chi connectivity index (χ3v) is 3.82. The van der Waals surface area contributed by atoms with Gasteiger partial charge in [-0.3, -0.25) is 19.7 Å². The van der Waals surface area contributed by atoms with E-state index in [4.69, 9.17) is 24.8 Å². The van der Waals surface area contributed by atoms with Gasteiger partial charge in [0, 0.05) is 18.6 Å². The van der Waals surface area contributed by atoms with Crippen LogP contribution in [0.2, 0.25) is 0 Å². The van der Waals surface area contributed by atoms with Gasteiger partial charge in [0.2, 0.25) is 0 Å². The number of amides is 2. The number of nitro groups is 1. The van der Waals surface area contributed by atoms with Crippen LogP contribution < -0.4 is 0 Å². The lowest BCUT2D eigenvalue weighted by molar-refractivity contribution is -0.399. The van der Waals surface area contributed by atoms with Crippen molar-refractivity contribution in [3.05, 3.63) is 39.4 Å². The van der Waals surface area contributed by atoms with E-state index in [0.717, 1.165) is 12.1 Å². The van der Waals surface area contributed by atoms with Crippen molar-refractivity contribution in [1.29, 1.82) is 5.41 Å². The number of non-ortho nitro benzene ring substituents is 1. The molecule has 11 heteroatoms. The highest BCUT2D eigenvalue weighted by Crippen LogP contribution is 2.27.